The normalized spacial score (nSPS) is 15.5. The molecule has 0 amide bonds. The molecule has 6 nitrogen and oxygen atoms in total. The van der Waals surface area contributed by atoms with Crippen molar-refractivity contribution in [1.82, 2.24) is 5.32 Å². The van der Waals surface area contributed by atoms with Gasteiger partial charge in [0, 0.05) is 12.0 Å². The minimum absolute atomic E-state index is 0.141. The van der Waals surface area contributed by atoms with Crippen LogP contribution in [0.5, 0.6) is 5.75 Å². The molecule has 140 valence electrons. The number of esters is 1. The summed E-state index contributed by atoms with van der Waals surface area (Å²) < 4.78 is 14.7. The molecule has 0 heterocycles. The van der Waals surface area contributed by atoms with Crippen molar-refractivity contribution in [1.29, 1.82) is 0 Å². The van der Waals surface area contributed by atoms with Gasteiger partial charge in [-0.05, 0) is 56.9 Å². The molecule has 0 radical (unpaired) electrons. The number of nitrogens with one attached hydrogen (secondary N) is 1. The van der Waals surface area contributed by atoms with Crippen LogP contribution in [0.4, 0.5) is 4.79 Å². The molecule has 26 heavy (non-hydrogen) atoms. The van der Waals surface area contributed by atoms with Gasteiger partial charge in [0.05, 0.1) is 6.54 Å². The summed E-state index contributed by atoms with van der Waals surface area (Å²) in [6.07, 6.45) is 0.929. The van der Waals surface area contributed by atoms with Crippen LogP contribution in [-0.2, 0) is 20.7 Å². The maximum atomic E-state index is 11.5. The Bertz CT molecular complexity index is 730. The number of aryl methyl sites for hydroxylation is 1. The van der Waals surface area contributed by atoms with Gasteiger partial charge in [0.1, 0.15) is 11.4 Å². The molecule has 0 bridgehead atoms. The third-order valence-corrected chi connectivity index (χ3v) is 3.70. The minimum Gasteiger partial charge on any atom is -0.450 e. The number of fused-ring (bicyclic) bond motifs is 1. The van der Waals surface area contributed by atoms with Crippen LogP contribution < -0.4 is 10.1 Å². The summed E-state index contributed by atoms with van der Waals surface area (Å²) in [5, 5.41) is 3.31. The van der Waals surface area contributed by atoms with Crippen molar-refractivity contribution in [2.24, 2.45) is 0 Å². The maximum Gasteiger partial charge on any atom is 0.515 e. The van der Waals surface area contributed by atoms with Gasteiger partial charge in [-0.25, -0.2) is 9.59 Å². The highest BCUT2D eigenvalue weighted by molar-refractivity contribution is 6.17. The number of alkyl halides is 1. The van der Waals surface area contributed by atoms with E-state index >= 15 is 0 Å². The van der Waals surface area contributed by atoms with Crippen LogP contribution in [0, 0.1) is 11.8 Å². The van der Waals surface area contributed by atoms with E-state index in [1.54, 1.807) is 26.8 Å². The van der Waals surface area contributed by atoms with Crippen LogP contribution in [0.15, 0.2) is 18.2 Å². The first-order valence-electron chi connectivity index (χ1n) is 8.27. The quantitative estimate of drug-likeness (QED) is 0.284. The summed E-state index contributed by atoms with van der Waals surface area (Å²) in [7, 11) is 0. The van der Waals surface area contributed by atoms with Gasteiger partial charge in [-0.15, -0.1) is 0 Å². The molecule has 0 aromatic heterocycles. The lowest BCUT2D eigenvalue weighted by Crippen LogP contribution is -2.23. The SMILES string of the molecule is CC(C)(C)OC(=O)C#CCNC1CCc2cc(OC(=O)OCCl)ccc21. The zero-order valence-corrected chi connectivity index (χ0v) is 15.8. The first-order valence-corrected chi connectivity index (χ1v) is 8.80. The predicted molar refractivity (Wildman–Crippen MR) is 97.0 cm³/mol. The zero-order chi connectivity index (χ0) is 19.2. The van der Waals surface area contributed by atoms with E-state index in [2.05, 4.69) is 21.9 Å². The molecule has 2 rings (SSSR count). The lowest BCUT2D eigenvalue weighted by atomic mass is 10.1. The number of carbonyl (C=O) groups is 2. The van der Waals surface area contributed by atoms with Gasteiger partial charge in [0.2, 0.25) is 0 Å². The van der Waals surface area contributed by atoms with E-state index in [1.165, 1.54) is 0 Å². The second-order valence-electron chi connectivity index (χ2n) is 6.74. The van der Waals surface area contributed by atoms with Crippen molar-refractivity contribution >= 4 is 23.7 Å². The van der Waals surface area contributed by atoms with Crippen LogP contribution in [0.3, 0.4) is 0 Å². The Balaban J connectivity index is 1.88. The largest absolute Gasteiger partial charge is 0.515 e. The molecule has 1 unspecified atom stereocenters. The first kappa shape index (κ1) is 20.1. The maximum absolute atomic E-state index is 11.5. The van der Waals surface area contributed by atoms with Gasteiger partial charge in [0.15, 0.2) is 6.07 Å². The Labute approximate surface area is 158 Å². The van der Waals surface area contributed by atoms with Crippen molar-refractivity contribution in [3.8, 4) is 17.6 Å². The van der Waals surface area contributed by atoms with Crippen molar-refractivity contribution < 1.29 is 23.8 Å². The second-order valence-corrected chi connectivity index (χ2v) is 6.96. The summed E-state index contributed by atoms with van der Waals surface area (Å²) >= 11 is 5.32. The number of hydrogen-bond donors (Lipinski definition) is 1. The molecule has 1 aromatic carbocycles. The monoisotopic (exact) mass is 379 g/mol. The van der Waals surface area contributed by atoms with E-state index in [1.807, 2.05) is 12.1 Å². The van der Waals surface area contributed by atoms with Gasteiger partial charge in [-0.2, -0.15) is 0 Å². The molecule has 1 aliphatic rings. The second kappa shape index (κ2) is 8.93. The fraction of sp³-hybridized carbons (Fsp3) is 0.474. The topological polar surface area (TPSA) is 73.9 Å². The molecular weight excluding hydrogens is 358 g/mol. The van der Waals surface area contributed by atoms with E-state index in [9.17, 15) is 9.59 Å². The predicted octanol–water partition coefficient (Wildman–Crippen LogP) is 3.32. The van der Waals surface area contributed by atoms with E-state index in [0.29, 0.717) is 12.3 Å². The van der Waals surface area contributed by atoms with E-state index in [4.69, 9.17) is 21.1 Å². The smallest absolute Gasteiger partial charge is 0.450 e. The molecular formula is C19H22ClNO5. The number of ether oxygens (including phenoxy) is 3. The van der Waals surface area contributed by atoms with Gasteiger partial charge in [-0.3, -0.25) is 5.32 Å². The number of halogens is 1. The number of carbonyl (C=O) groups excluding carboxylic acids is 2. The Morgan fingerprint density at radius 2 is 2.12 bits per heavy atom. The molecule has 0 fully saturated rings. The Kier molecular flexibility index (Phi) is 6.90. The summed E-state index contributed by atoms with van der Waals surface area (Å²) in [4.78, 5) is 22.8. The molecule has 1 N–H and O–H groups in total. The van der Waals surface area contributed by atoms with Crippen LogP contribution in [-0.4, -0.2) is 30.3 Å². The highest BCUT2D eigenvalue weighted by Crippen LogP contribution is 2.33. The van der Waals surface area contributed by atoms with E-state index < -0.39 is 17.7 Å². The third-order valence-electron chi connectivity index (χ3n) is 3.59. The highest BCUT2D eigenvalue weighted by Gasteiger charge is 2.22. The van der Waals surface area contributed by atoms with Gasteiger partial charge >= 0.3 is 12.1 Å². The Morgan fingerprint density at radius 3 is 2.81 bits per heavy atom. The van der Waals surface area contributed by atoms with Gasteiger partial charge in [-0.1, -0.05) is 23.6 Å². The minimum atomic E-state index is -0.829. The average Bonchev–Trinajstić information content (AvgIpc) is 2.92. The molecule has 0 saturated carbocycles. The summed E-state index contributed by atoms with van der Waals surface area (Å²) in [6.45, 7) is 5.78. The highest BCUT2D eigenvalue weighted by atomic mass is 35.5. The van der Waals surface area contributed by atoms with Crippen LogP contribution >= 0.6 is 11.6 Å². The van der Waals surface area contributed by atoms with Crippen molar-refractivity contribution in [3.05, 3.63) is 29.3 Å². The lowest BCUT2D eigenvalue weighted by Gasteiger charge is -2.17. The molecule has 0 aliphatic heterocycles. The van der Waals surface area contributed by atoms with Crippen LogP contribution in [0.2, 0.25) is 0 Å². The Hall–Kier alpha value is -2.23. The Morgan fingerprint density at radius 1 is 1.35 bits per heavy atom. The van der Waals surface area contributed by atoms with Gasteiger partial charge < -0.3 is 14.2 Å². The summed E-state index contributed by atoms with van der Waals surface area (Å²) in [5.41, 5.74) is 1.68. The third kappa shape index (κ3) is 6.25. The van der Waals surface area contributed by atoms with Crippen molar-refractivity contribution in [2.45, 2.75) is 45.3 Å². The molecule has 0 spiro atoms. The molecule has 1 atom stereocenters. The number of hydrogen-bond acceptors (Lipinski definition) is 6. The van der Waals surface area contributed by atoms with E-state index in [0.717, 1.165) is 24.0 Å². The fourth-order valence-corrected chi connectivity index (χ4v) is 2.72. The van der Waals surface area contributed by atoms with Gasteiger partial charge in [0.25, 0.3) is 0 Å². The summed E-state index contributed by atoms with van der Waals surface area (Å²) in [5.74, 6) is 5.15. The van der Waals surface area contributed by atoms with E-state index in [-0.39, 0.29) is 12.1 Å². The average molecular weight is 380 g/mol. The zero-order valence-electron chi connectivity index (χ0n) is 15.1. The van der Waals surface area contributed by atoms with Crippen molar-refractivity contribution in [3.63, 3.8) is 0 Å². The van der Waals surface area contributed by atoms with Crippen molar-refractivity contribution in [2.75, 3.05) is 12.6 Å². The standard InChI is InChI=1S/C19H22ClNO5/c1-19(2,3)26-17(22)5-4-10-21-16-9-6-13-11-14(7-8-15(13)16)25-18(23)24-12-20/h7-8,11,16,21H,6,9-10,12H2,1-3H3. The van der Waals surface area contributed by atoms with Crippen LogP contribution in [0.1, 0.15) is 44.4 Å². The number of rotatable bonds is 4. The lowest BCUT2D eigenvalue weighted by molar-refractivity contribution is -0.147. The molecule has 1 aromatic rings. The first-order chi connectivity index (χ1) is 12.3. The fourth-order valence-electron chi connectivity index (χ4n) is 2.63. The summed E-state index contributed by atoms with van der Waals surface area (Å²) in [6, 6.07) is 5.33. The van der Waals surface area contributed by atoms with Crippen LogP contribution in [0.25, 0.3) is 0 Å². The molecule has 0 saturated heterocycles. The molecule has 7 heteroatoms. The number of benzene rings is 1. The molecule has 1 aliphatic carbocycles.